The van der Waals surface area contributed by atoms with Crippen LogP contribution in [0.15, 0.2) is 16.9 Å². The standard InChI is InChI=1S/C14H19BrN4O3/c1-8-3-10(13(20)21)7-19(6-8)14(22)18-9(2)12-16-4-11(15)5-17-12/h4-5,8-10H,3,6-7H2,1-2H3,(H,18,22)(H,20,21). The Kier molecular flexibility index (Phi) is 5.33. The molecule has 0 aliphatic carbocycles. The van der Waals surface area contributed by atoms with Crippen LogP contribution in [-0.4, -0.2) is 45.1 Å². The topological polar surface area (TPSA) is 95.4 Å². The zero-order valence-corrected chi connectivity index (χ0v) is 14.1. The monoisotopic (exact) mass is 370 g/mol. The van der Waals surface area contributed by atoms with E-state index in [0.717, 1.165) is 4.47 Å². The molecule has 2 N–H and O–H groups in total. The fourth-order valence-electron chi connectivity index (χ4n) is 2.58. The number of aliphatic carboxylic acids is 1. The lowest BCUT2D eigenvalue weighted by Crippen LogP contribution is -2.50. The van der Waals surface area contributed by atoms with Crippen molar-refractivity contribution in [2.45, 2.75) is 26.3 Å². The zero-order valence-electron chi connectivity index (χ0n) is 12.5. The Morgan fingerprint density at radius 1 is 1.41 bits per heavy atom. The lowest BCUT2D eigenvalue weighted by Gasteiger charge is -2.35. The van der Waals surface area contributed by atoms with E-state index < -0.39 is 11.9 Å². The van der Waals surface area contributed by atoms with E-state index in [0.29, 0.717) is 18.8 Å². The summed E-state index contributed by atoms with van der Waals surface area (Å²) in [5, 5.41) is 12.0. The molecule has 0 bridgehead atoms. The van der Waals surface area contributed by atoms with E-state index in [1.165, 1.54) is 0 Å². The van der Waals surface area contributed by atoms with Gasteiger partial charge in [0.15, 0.2) is 0 Å². The van der Waals surface area contributed by atoms with Crippen LogP contribution in [0.5, 0.6) is 0 Å². The van der Waals surface area contributed by atoms with Crippen LogP contribution < -0.4 is 5.32 Å². The Morgan fingerprint density at radius 3 is 2.64 bits per heavy atom. The van der Waals surface area contributed by atoms with Gasteiger partial charge in [-0.15, -0.1) is 0 Å². The molecule has 0 aromatic carbocycles. The Bertz CT molecular complexity index is 552. The Morgan fingerprint density at radius 2 is 2.05 bits per heavy atom. The normalized spacial score (nSPS) is 23.0. The van der Waals surface area contributed by atoms with Crippen molar-refractivity contribution in [1.29, 1.82) is 0 Å². The molecule has 22 heavy (non-hydrogen) atoms. The van der Waals surface area contributed by atoms with Crippen LogP contribution in [0.2, 0.25) is 0 Å². The third-order valence-corrected chi connectivity index (χ3v) is 4.07. The maximum Gasteiger partial charge on any atom is 0.318 e. The Balaban J connectivity index is 1.98. The number of nitrogens with one attached hydrogen (secondary N) is 1. The second kappa shape index (κ2) is 7.04. The van der Waals surface area contributed by atoms with Crippen LogP contribution in [0, 0.1) is 11.8 Å². The average Bonchev–Trinajstić information content (AvgIpc) is 2.47. The third-order valence-electron chi connectivity index (χ3n) is 3.66. The summed E-state index contributed by atoms with van der Waals surface area (Å²) in [7, 11) is 0. The van der Waals surface area contributed by atoms with Crippen molar-refractivity contribution in [3.8, 4) is 0 Å². The van der Waals surface area contributed by atoms with Gasteiger partial charge in [-0.25, -0.2) is 14.8 Å². The highest BCUT2D eigenvalue weighted by Gasteiger charge is 2.32. The number of likely N-dealkylation sites (tertiary alicyclic amines) is 1. The molecule has 1 fully saturated rings. The molecular weight excluding hydrogens is 352 g/mol. The largest absolute Gasteiger partial charge is 0.481 e. The minimum atomic E-state index is -0.853. The molecule has 0 radical (unpaired) electrons. The van der Waals surface area contributed by atoms with Crippen molar-refractivity contribution >= 4 is 27.9 Å². The molecule has 120 valence electrons. The van der Waals surface area contributed by atoms with Crippen molar-refractivity contribution in [2.24, 2.45) is 11.8 Å². The molecule has 2 rings (SSSR count). The molecular formula is C14H19BrN4O3. The van der Waals surface area contributed by atoms with Gasteiger partial charge in [-0.1, -0.05) is 6.92 Å². The number of amides is 2. The summed E-state index contributed by atoms with van der Waals surface area (Å²) in [4.78, 5) is 33.3. The van der Waals surface area contributed by atoms with Gasteiger partial charge < -0.3 is 15.3 Å². The second-order valence-electron chi connectivity index (χ2n) is 5.71. The van der Waals surface area contributed by atoms with Gasteiger partial charge in [-0.05, 0) is 35.2 Å². The number of rotatable bonds is 3. The molecule has 3 atom stereocenters. The summed E-state index contributed by atoms with van der Waals surface area (Å²) in [6, 6.07) is -0.627. The van der Waals surface area contributed by atoms with Crippen molar-refractivity contribution in [3.05, 3.63) is 22.7 Å². The van der Waals surface area contributed by atoms with E-state index >= 15 is 0 Å². The van der Waals surface area contributed by atoms with E-state index in [1.807, 2.05) is 6.92 Å². The summed E-state index contributed by atoms with van der Waals surface area (Å²) in [5.74, 6) is -0.682. The summed E-state index contributed by atoms with van der Waals surface area (Å²) in [6.07, 6.45) is 3.84. The predicted octanol–water partition coefficient (Wildman–Crippen LogP) is 2.05. The minimum absolute atomic E-state index is 0.167. The SMILES string of the molecule is CC1CC(C(=O)O)CN(C(=O)NC(C)c2ncc(Br)cn2)C1. The molecule has 2 heterocycles. The molecule has 1 aromatic rings. The van der Waals surface area contributed by atoms with Crippen molar-refractivity contribution in [1.82, 2.24) is 20.2 Å². The molecule has 0 saturated carbocycles. The van der Waals surface area contributed by atoms with E-state index in [-0.39, 0.29) is 24.5 Å². The number of nitrogens with zero attached hydrogens (tertiary/aromatic N) is 3. The highest BCUT2D eigenvalue weighted by Crippen LogP contribution is 2.22. The molecule has 2 amide bonds. The average molecular weight is 371 g/mol. The maximum absolute atomic E-state index is 12.3. The van der Waals surface area contributed by atoms with Gasteiger partial charge in [-0.3, -0.25) is 4.79 Å². The number of carbonyl (C=O) groups excluding carboxylic acids is 1. The number of aromatic nitrogens is 2. The molecule has 1 aliphatic rings. The third kappa shape index (κ3) is 4.16. The molecule has 1 aliphatic heterocycles. The fourth-order valence-corrected chi connectivity index (χ4v) is 2.79. The van der Waals surface area contributed by atoms with Gasteiger partial charge in [-0.2, -0.15) is 0 Å². The molecule has 1 aromatic heterocycles. The van der Waals surface area contributed by atoms with Crippen molar-refractivity contribution in [2.75, 3.05) is 13.1 Å². The first kappa shape index (κ1) is 16.7. The summed E-state index contributed by atoms with van der Waals surface area (Å²) >= 11 is 3.26. The number of carbonyl (C=O) groups is 2. The maximum atomic E-state index is 12.3. The summed E-state index contributed by atoms with van der Waals surface area (Å²) in [5.41, 5.74) is 0. The second-order valence-corrected chi connectivity index (χ2v) is 6.63. The van der Waals surface area contributed by atoms with Crippen molar-refractivity contribution < 1.29 is 14.7 Å². The van der Waals surface area contributed by atoms with Crippen LogP contribution in [0.4, 0.5) is 4.79 Å². The highest BCUT2D eigenvalue weighted by molar-refractivity contribution is 9.10. The lowest BCUT2D eigenvalue weighted by molar-refractivity contribution is -0.143. The fraction of sp³-hybridized carbons (Fsp3) is 0.571. The first-order valence-electron chi connectivity index (χ1n) is 7.12. The Labute approximate surface area is 137 Å². The van der Waals surface area contributed by atoms with Crippen LogP contribution in [0.3, 0.4) is 0 Å². The number of urea groups is 1. The summed E-state index contributed by atoms with van der Waals surface area (Å²) < 4.78 is 0.768. The lowest BCUT2D eigenvalue weighted by atomic mass is 9.91. The van der Waals surface area contributed by atoms with Gasteiger partial charge >= 0.3 is 12.0 Å². The minimum Gasteiger partial charge on any atom is -0.481 e. The van der Waals surface area contributed by atoms with E-state index in [4.69, 9.17) is 5.11 Å². The van der Waals surface area contributed by atoms with Gasteiger partial charge in [0, 0.05) is 25.5 Å². The van der Waals surface area contributed by atoms with Gasteiger partial charge in [0.05, 0.1) is 16.4 Å². The van der Waals surface area contributed by atoms with E-state index in [2.05, 4.69) is 31.2 Å². The van der Waals surface area contributed by atoms with Crippen LogP contribution >= 0.6 is 15.9 Å². The quantitative estimate of drug-likeness (QED) is 0.848. The smallest absolute Gasteiger partial charge is 0.318 e. The number of piperidine rings is 1. The summed E-state index contributed by atoms with van der Waals surface area (Å²) in [6.45, 7) is 4.54. The Hall–Kier alpha value is -1.70. The first-order chi connectivity index (χ1) is 10.4. The number of hydrogen-bond acceptors (Lipinski definition) is 4. The molecule has 7 nitrogen and oxygen atoms in total. The molecule has 0 spiro atoms. The van der Waals surface area contributed by atoms with Gasteiger partial charge in [0.1, 0.15) is 5.82 Å². The zero-order chi connectivity index (χ0) is 16.3. The van der Waals surface area contributed by atoms with Gasteiger partial charge in [0.2, 0.25) is 0 Å². The van der Waals surface area contributed by atoms with E-state index in [1.54, 1.807) is 24.2 Å². The number of carboxylic acids is 1. The first-order valence-corrected chi connectivity index (χ1v) is 7.91. The number of carboxylic acid groups (broad SMARTS) is 1. The number of halogens is 1. The molecule has 8 heteroatoms. The predicted molar refractivity (Wildman–Crippen MR) is 83.2 cm³/mol. The van der Waals surface area contributed by atoms with E-state index in [9.17, 15) is 9.59 Å². The van der Waals surface area contributed by atoms with Crippen LogP contribution in [0.1, 0.15) is 32.1 Å². The van der Waals surface area contributed by atoms with Crippen molar-refractivity contribution in [3.63, 3.8) is 0 Å². The van der Waals surface area contributed by atoms with Crippen LogP contribution in [0.25, 0.3) is 0 Å². The van der Waals surface area contributed by atoms with Gasteiger partial charge in [0.25, 0.3) is 0 Å². The van der Waals surface area contributed by atoms with Crippen LogP contribution in [-0.2, 0) is 4.79 Å². The highest BCUT2D eigenvalue weighted by atomic mass is 79.9. The molecule has 1 saturated heterocycles. The molecule has 3 unspecified atom stereocenters. The number of hydrogen-bond donors (Lipinski definition) is 2.